The molecule has 0 radical (unpaired) electrons. The summed E-state index contributed by atoms with van der Waals surface area (Å²) in [5.41, 5.74) is 0.936. The fourth-order valence-corrected chi connectivity index (χ4v) is 4.31. The van der Waals surface area contributed by atoms with Crippen LogP contribution in [0.3, 0.4) is 0 Å². The van der Waals surface area contributed by atoms with E-state index in [-0.39, 0.29) is 0 Å². The second-order valence-corrected chi connectivity index (χ2v) is 7.28. The zero-order chi connectivity index (χ0) is 12.1. The van der Waals surface area contributed by atoms with Crippen molar-refractivity contribution in [1.29, 1.82) is 0 Å². The predicted molar refractivity (Wildman–Crippen MR) is 69.9 cm³/mol. The molecule has 2 bridgehead atoms. The molecule has 0 amide bonds. The van der Waals surface area contributed by atoms with Gasteiger partial charge in [-0.15, -0.1) is 0 Å². The van der Waals surface area contributed by atoms with Crippen LogP contribution in [0.2, 0.25) is 0 Å². The third-order valence-corrected chi connectivity index (χ3v) is 6.43. The Kier molecular flexibility index (Phi) is 2.79. The van der Waals surface area contributed by atoms with Crippen LogP contribution in [0.5, 0.6) is 0 Å². The quantitative estimate of drug-likeness (QED) is 0.812. The minimum absolute atomic E-state index is 0.440. The van der Waals surface area contributed by atoms with Gasteiger partial charge in [0.05, 0.1) is 6.10 Å². The van der Waals surface area contributed by atoms with E-state index in [1.165, 1.54) is 38.8 Å². The first-order valence-corrected chi connectivity index (χ1v) is 7.36. The number of hydrogen-bond donors (Lipinski definition) is 1. The predicted octanol–water partition coefficient (Wildman–Crippen LogP) is 2.83. The highest BCUT2D eigenvalue weighted by Gasteiger charge is 2.61. The molecule has 3 aliphatic rings. The molecular formula is C15H27NO. The maximum atomic E-state index is 6.25. The van der Waals surface area contributed by atoms with Gasteiger partial charge in [-0.2, -0.15) is 0 Å². The van der Waals surface area contributed by atoms with Crippen molar-refractivity contribution in [1.82, 2.24) is 5.32 Å². The molecule has 0 aromatic heterocycles. The van der Waals surface area contributed by atoms with E-state index in [9.17, 15) is 0 Å². The second-order valence-electron chi connectivity index (χ2n) is 7.28. The second kappa shape index (κ2) is 3.96. The van der Waals surface area contributed by atoms with Crippen LogP contribution in [-0.4, -0.2) is 25.8 Å². The van der Waals surface area contributed by atoms with Crippen LogP contribution in [-0.2, 0) is 4.74 Å². The molecule has 1 N–H and O–H groups in total. The molecule has 0 aromatic carbocycles. The molecule has 98 valence electrons. The Morgan fingerprint density at radius 3 is 2.47 bits per heavy atom. The van der Waals surface area contributed by atoms with Crippen molar-refractivity contribution in [2.24, 2.45) is 22.7 Å². The average Bonchev–Trinajstić information content (AvgIpc) is 2.54. The van der Waals surface area contributed by atoms with Gasteiger partial charge >= 0.3 is 0 Å². The summed E-state index contributed by atoms with van der Waals surface area (Å²) in [6.45, 7) is 10.8. The van der Waals surface area contributed by atoms with Gasteiger partial charge in [-0.3, -0.25) is 0 Å². The molecule has 17 heavy (non-hydrogen) atoms. The van der Waals surface area contributed by atoms with Gasteiger partial charge in [-0.05, 0) is 61.4 Å². The number of ether oxygens (including phenoxy) is 1. The van der Waals surface area contributed by atoms with Gasteiger partial charge < -0.3 is 10.1 Å². The first-order valence-electron chi connectivity index (χ1n) is 7.36. The van der Waals surface area contributed by atoms with Crippen molar-refractivity contribution < 1.29 is 4.74 Å². The molecule has 3 atom stereocenters. The topological polar surface area (TPSA) is 21.3 Å². The number of nitrogens with one attached hydrogen (secondary N) is 1. The summed E-state index contributed by atoms with van der Waals surface area (Å²) in [6, 6.07) is 0. The van der Waals surface area contributed by atoms with Gasteiger partial charge in [0.1, 0.15) is 0 Å². The van der Waals surface area contributed by atoms with E-state index in [0.717, 1.165) is 18.4 Å². The molecule has 1 saturated heterocycles. The van der Waals surface area contributed by atoms with Gasteiger partial charge in [0, 0.05) is 6.61 Å². The molecule has 1 heterocycles. The van der Waals surface area contributed by atoms with E-state index < -0.39 is 0 Å². The van der Waals surface area contributed by atoms with Crippen molar-refractivity contribution in [3.63, 3.8) is 0 Å². The van der Waals surface area contributed by atoms with Crippen LogP contribution in [0.15, 0.2) is 0 Å². The van der Waals surface area contributed by atoms with Crippen LogP contribution >= 0.6 is 0 Å². The fourth-order valence-electron chi connectivity index (χ4n) is 4.31. The monoisotopic (exact) mass is 237 g/mol. The summed E-state index contributed by atoms with van der Waals surface area (Å²) in [7, 11) is 0. The number of rotatable bonds is 4. The first-order chi connectivity index (χ1) is 8.04. The highest BCUT2D eigenvalue weighted by Crippen LogP contribution is 2.66. The first kappa shape index (κ1) is 12.0. The normalized spacial score (nSPS) is 43.9. The molecule has 3 rings (SSSR count). The van der Waals surface area contributed by atoms with Crippen molar-refractivity contribution in [2.75, 3.05) is 19.7 Å². The van der Waals surface area contributed by atoms with Crippen LogP contribution in [0, 0.1) is 22.7 Å². The Morgan fingerprint density at radius 1 is 1.24 bits per heavy atom. The van der Waals surface area contributed by atoms with Gasteiger partial charge in [0.25, 0.3) is 0 Å². The zero-order valence-electron chi connectivity index (χ0n) is 11.6. The molecular weight excluding hydrogens is 210 g/mol. The summed E-state index contributed by atoms with van der Waals surface area (Å²) in [5, 5.41) is 3.33. The molecule has 2 aliphatic carbocycles. The lowest BCUT2D eigenvalue weighted by molar-refractivity contribution is -0.0515. The minimum atomic E-state index is 0.440. The summed E-state index contributed by atoms with van der Waals surface area (Å²) in [5.74, 6) is 1.79. The lowest BCUT2D eigenvalue weighted by Crippen LogP contribution is -2.43. The largest absolute Gasteiger partial charge is 0.378 e. The average molecular weight is 237 g/mol. The van der Waals surface area contributed by atoms with E-state index >= 15 is 0 Å². The maximum absolute atomic E-state index is 6.25. The third kappa shape index (κ3) is 1.67. The Balaban J connectivity index is 1.54. The molecule has 2 heteroatoms. The highest BCUT2D eigenvalue weighted by molar-refractivity contribution is 5.11. The Labute approximate surface area is 105 Å². The fraction of sp³-hybridized carbons (Fsp3) is 1.00. The summed E-state index contributed by atoms with van der Waals surface area (Å²) >= 11 is 0. The highest BCUT2D eigenvalue weighted by atomic mass is 16.5. The number of hydrogen-bond acceptors (Lipinski definition) is 2. The van der Waals surface area contributed by atoms with E-state index in [1.54, 1.807) is 0 Å². The van der Waals surface area contributed by atoms with Gasteiger partial charge in [-0.1, -0.05) is 20.8 Å². The van der Waals surface area contributed by atoms with E-state index in [2.05, 4.69) is 26.1 Å². The van der Waals surface area contributed by atoms with E-state index in [4.69, 9.17) is 4.74 Å². The molecule has 3 unspecified atom stereocenters. The van der Waals surface area contributed by atoms with Gasteiger partial charge in [-0.25, -0.2) is 0 Å². The Hall–Kier alpha value is -0.0800. The van der Waals surface area contributed by atoms with Crippen LogP contribution in [0.4, 0.5) is 0 Å². The van der Waals surface area contributed by atoms with E-state index in [0.29, 0.717) is 16.9 Å². The Morgan fingerprint density at radius 2 is 2.00 bits per heavy atom. The SMILES string of the molecule is CC1(C)C2CCC1(C)C(OCCC1CNC1)C2. The minimum Gasteiger partial charge on any atom is -0.378 e. The zero-order valence-corrected chi connectivity index (χ0v) is 11.6. The molecule has 3 fully saturated rings. The smallest absolute Gasteiger partial charge is 0.0636 e. The molecule has 2 saturated carbocycles. The van der Waals surface area contributed by atoms with E-state index in [1.807, 2.05) is 0 Å². The maximum Gasteiger partial charge on any atom is 0.0636 e. The number of fused-ring (bicyclic) bond motifs is 2. The summed E-state index contributed by atoms with van der Waals surface area (Å²) < 4.78 is 6.25. The van der Waals surface area contributed by atoms with Gasteiger partial charge in [0.15, 0.2) is 0 Å². The Bertz CT molecular complexity index is 297. The molecule has 0 aromatic rings. The lowest BCUT2D eigenvalue weighted by atomic mass is 9.70. The van der Waals surface area contributed by atoms with Crippen LogP contribution in [0.25, 0.3) is 0 Å². The molecule has 2 nitrogen and oxygen atoms in total. The summed E-state index contributed by atoms with van der Waals surface area (Å²) in [4.78, 5) is 0. The lowest BCUT2D eigenvalue weighted by Gasteiger charge is -2.39. The van der Waals surface area contributed by atoms with Crippen LogP contribution < -0.4 is 5.32 Å². The molecule has 1 aliphatic heterocycles. The summed E-state index contributed by atoms with van der Waals surface area (Å²) in [6.07, 6.45) is 5.90. The standard InChI is InChI=1S/C15H27NO/c1-14(2)12-4-6-15(14,3)13(8-12)17-7-5-11-9-16-10-11/h11-13,16H,4-10H2,1-3H3. The van der Waals surface area contributed by atoms with Crippen molar-refractivity contribution in [3.05, 3.63) is 0 Å². The molecule has 0 spiro atoms. The third-order valence-electron chi connectivity index (χ3n) is 6.43. The van der Waals surface area contributed by atoms with Crippen molar-refractivity contribution >= 4 is 0 Å². The van der Waals surface area contributed by atoms with Crippen molar-refractivity contribution in [2.45, 2.75) is 52.6 Å². The van der Waals surface area contributed by atoms with Crippen molar-refractivity contribution in [3.8, 4) is 0 Å². The van der Waals surface area contributed by atoms with Gasteiger partial charge in [0.2, 0.25) is 0 Å². The van der Waals surface area contributed by atoms with Crippen LogP contribution in [0.1, 0.15) is 46.5 Å².